The Morgan fingerprint density at radius 2 is 2.00 bits per heavy atom. The molecular weight excluding hydrogens is 221 g/mol. The molecule has 90 valence electrons. The fourth-order valence-corrected chi connectivity index (χ4v) is 1.80. The highest BCUT2D eigenvalue weighted by Crippen LogP contribution is 2.24. The highest BCUT2D eigenvalue weighted by Gasteiger charge is 2.17. The highest BCUT2D eigenvalue weighted by atomic mass is 19.1. The van der Waals surface area contributed by atoms with Crippen LogP contribution in [0.25, 0.3) is 11.4 Å². The molecule has 0 saturated carbocycles. The molecule has 0 amide bonds. The molecule has 0 fully saturated rings. The van der Waals surface area contributed by atoms with Gasteiger partial charge in [-0.1, -0.05) is 12.1 Å². The summed E-state index contributed by atoms with van der Waals surface area (Å²) in [4.78, 5) is 0. The lowest BCUT2D eigenvalue weighted by Crippen LogP contribution is -2.08. The molecule has 4 nitrogen and oxygen atoms in total. The number of aromatic nitrogens is 3. The van der Waals surface area contributed by atoms with E-state index in [9.17, 15) is 9.50 Å². The summed E-state index contributed by atoms with van der Waals surface area (Å²) in [5, 5.41) is 17.0. The summed E-state index contributed by atoms with van der Waals surface area (Å²) in [5.74, 6) is 0.548. The molecule has 0 aliphatic carbocycles. The van der Waals surface area contributed by atoms with Gasteiger partial charge in [-0.3, -0.25) is 0 Å². The highest BCUT2D eigenvalue weighted by molar-refractivity contribution is 5.56. The molecule has 0 bridgehead atoms. The molecular formula is C12H14FN3O. The number of hydrogen-bond donors (Lipinski definition) is 1. The maximum absolute atomic E-state index is 13.7. The van der Waals surface area contributed by atoms with Crippen molar-refractivity contribution in [3.05, 3.63) is 35.9 Å². The number of hydrogen-bond acceptors (Lipinski definition) is 3. The van der Waals surface area contributed by atoms with Crippen molar-refractivity contribution in [2.24, 2.45) is 0 Å². The summed E-state index contributed by atoms with van der Waals surface area (Å²) in [6, 6.07) is 6.46. The van der Waals surface area contributed by atoms with Crippen molar-refractivity contribution in [1.82, 2.24) is 14.8 Å². The Morgan fingerprint density at radius 3 is 2.59 bits per heavy atom. The average molecular weight is 235 g/mol. The predicted molar refractivity (Wildman–Crippen MR) is 61.7 cm³/mol. The van der Waals surface area contributed by atoms with E-state index >= 15 is 0 Å². The zero-order valence-electron chi connectivity index (χ0n) is 9.76. The first-order valence-corrected chi connectivity index (χ1v) is 5.44. The lowest BCUT2D eigenvalue weighted by Gasteiger charge is -2.13. The second-order valence-corrected chi connectivity index (χ2v) is 4.04. The number of rotatable bonds is 3. The Kier molecular flexibility index (Phi) is 3.19. The smallest absolute Gasteiger partial charge is 0.167 e. The van der Waals surface area contributed by atoms with Crippen LogP contribution in [-0.2, 0) is 6.61 Å². The number of aliphatic hydroxyl groups is 1. The molecule has 1 aromatic heterocycles. The molecule has 1 N–H and O–H groups in total. The largest absolute Gasteiger partial charge is 0.388 e. The lowest BCUT2D eigenvalue weighted by atomic mass is 10.2. The predicted octanol–water partition coefficient (Wildman–Crippen LogP) is 2.16. The monoisotopic (exact) mass is 235 g/mol. The molecule has 0 aliphatic heterocycles. The lowest BCUT2D eigenvalue weighted by molar-refractivity contribution is 0.262. The van der Waals surface area contributed by atoms with E-state index in [2.05, 4.69) is 10.2 Å². The van der Waals surface area contributed by atoms with Crippen LogP contribution in [0.15, 0.2) is 24.3 Å². The van der Waals surface area contributed by atoms with E-state index in [4.69, 9.17) is 0 Å². The third kappa shape index (κ3) is 2.06. The Balaban J connectivity index is 2.60. The van der Waals surface area contributed by atoms with Gasteiger partial charge < -0.3 is 9.67 Å². The van der Waals surface area contributed by atoms with Crippen molar-refractivity contribution in [3.63, 3.8) is 0 Å². The Morgan fingerprint density at radius 1 is 1.29 bits per heavy atom. The van der Waals surface area contributed by atoms with Crippen molar-refractivity contribution < 1.29 is 9.50 Å². The Hall–Kier alpha value is -1.75. The quantitative estimate of drug-likeness (QED) is 0.886. The molecule has 1 heterocycles. The van der Waals surface area contributed by atoms with E-state index in [0.29, 0.717) is 17.2 Å². The topological polar surface area (TPSA) is 50.9 Å². The number of halogens is 1. The van der Waals surface area contributed by atoms with Crippen LogP contribution in [0.2, 0.25) is 0 Å². The van der Waals surface area contributed by atoms with Crippen LogP contribution in [0.4, 0.5) is 4.39 Å². The van der Waals surface area contributed by atoms with E-state index in [1.807, 2.05) is 13.8 Å². The van der Waals surface area contributed by atoms with Crippen molar-refractivity contribution >= 4 is 0 Å². The molecule has 0 atom stereocenters. The molecule has 5 heteroatoms. The zero-order valence-corrected chi connectivity index (χ0v) is 9.76. The van der Waals surface area contributed by atoms with Gasteiger partial charge in [0.1, 0.15) is 12.4 Å². The van der Waals surface area contributed by atoms with Crippen LogP contribution in [0.5, 0.6) is 0 Å². The standard InChI is InChI=1S/C12H14FN3O/c1-8(2)16-11(7-17)14-15-12(16)9-5-3-4-6-10(9)13/h3-6,8,17H,7H2,1-2H3. The molecule has 0 spiro atoms. The van der Waals surface area contributed by atoms with Crippen LogP contribution in [0.1, 0.15) is 25.7 Å². The third-order valence-electron chi connectivity index (χ3n) is 2.54. The average Bonchev–Trinajstić information content (AvgIpc) is 2.73. The fraction of sp³-hybridized carbons (Fsp3) is 0.333. The Labute approximate surface area is 98.7 Å². The van der Waals surface area contributed by atoms with Crippen molar-refractivity contribution in [2.45, 2.75) is 26.5 Å². The summed E-state index contributed by atoms with van der Waals surface area (Å²) >= 11 is 0. The third-order valence-corrected chi connectivity index (χ3v) is 2.54. The number of aliphatic hydroxyl groups excluding tert-OH is 1. The van der Waals surface area contributed by atoms with Gasteiger partial charge >= 0.3 is 0 Å². The van der Waals surface area contributed by atoms with E-state index in [0.717, 1.165) is 0 Å². The van der Waals surface area contributed by atoms with Gasteiger partial charge in [0.15, 0.2) is 11.6 Å². The normalized spacial score (nSPS) is 11.1. The van der Waals surface area contributed by atoms with E-state index in [1.54, 1.807) is 22.8 Å². The number of benzene rings is 1. The molecule has 0 aliphatic rings. The van der Waals surface area contributed by atoms with Gasteiger partial charge in [-0.05, 0) is 26.0 Å². The molecule has 1 aromatic carbocycles. The molecule has 0 saturated heterocycles. The SMILES string of the molecule is CC(C)n1c(CO)nnc1-c1ccccc1F. The molecule has 17 heavy (non-hydrogen) atoms. The van der Waals surface area contributed by atoms with Gasteiger partial charge in [0.25, 0.3) is 0 Å². The Bertz CT molecular complexity index is 522. The van der Waals surface area contributed by atoms with Gasteiger partial charge in [0.05, 0.1) is 5.56 Å². The first-order valence-electron chi connectivity index (χ1n) is 5.44. The summed E-state index contributed by atoms with van der Waals surface area (Å²) < 4.78 is 15.4. The van der Waals surface area contributed by atoms with Crippen LogP contribution in [-0.4, -0.2) is 19.9 Å². The van der Waals surface area contributed by atoms with Crippen LogP contribution >= 0.6 is 0 Å². The summed E-state index contributed by atoms with van der Waals surface area (Å²) in [6.07, 6.45) is 0. The van der Waals surface area contributed by atoms with Gasteiger partial charge in [-0.15, -0.1) is 10.2 Å². The van der Waals surface area contributed by atoms with Gasteiger partial charge in [-0.25, -0.2) is 4.39 Å². The second kappa shape index (κ2) is 4.63. The summed E-state index contributed by atoms with van der Waals surface area (Å²) in [7, 11) is 0. The minimum Gasteiger partial charge on any atom is -0.388 e. The van der Waals surface area contributed by atoms with Crippen LogP contribution in [0, 0.1) is 5.82 Å². The first kappa shape index (κ1) is 11.7. The molecule has 0 radical (unpaired) electrons. The van der Waals surface area contributed by atoms with Crippen molar-refractivity contribution in [2.75, 3.05) is 0 Å². The molecule has 2 aromatic rings. The summed E-state index contributed by atoms with van der Waals surface area (Å²) in [5.41, 5.74) is 0.397. The molecule has 0 unspecified atom stereocenters. The summed E-state index contributed by atoms with van der Waals surface area (Å²) in [6.45, 7) is 3.67. The van der Waals surface area contributed by atoms with E-state index in [-0.39, 0.29) is 18.5 Å². The van der Waals surface area contributed by atoms with Gasteiger partial charge in [0, 0.05) is 6.04 Å². The molecule has 2 rings (SSSR count). The van der Waals surface area contributed by atoms with Crippen molar-refractivity contribution in [3.8, 4) is 11.4 Å². The van der Waals surface area contributed by atoms with Crippen LogP contribution < -0.4 is 0 Å². The first-order chi connectivity index (χ1) is 8.15. The van der Waals surface area contributed by atoms with Crippen LogP contribution in [0.3, 0.4) is 0 Å². The second-order valence-electron chi connectivity index (χ2n) is 4.04. The minimum absolute atomic E-state index is 0.0572. The maximum Gasteiger partial charge on any atom is 0.167 e. The zero-order chi connectivity index (χ0) is 12.4. The fourth-order valence-electron chi connectivity index (χ4n) is 1.80. The van der Waals surface area contributed by atoms with Gasteiger partial charge in [-0.2, -0.15) is 0 Å². The maximum atomic E-state index is 13.7. The van der Waals surface area contributed by atoms with E-state index in [1.165, 1.54) is 6.07 Å². The minimum atomic E-state index is -0.341. The van der Waals surface area contributed by atoms with Crippen molar-refractivity contribution in [1.29, 1.82) is 0 Å². The van der Waals surface area contributed by atoms with Gasteiger partial charge in [0.2, 0.25) is 0 Å². The number of nitrogens with zero attached hydrogens (tertiary/aromatic N) is 3. The van der Waals surface area contributed by atoms with E-state index < -0.39 is 0 Å².